The minimum Gasteiger partial charge on any atom is -0.324 e. The van der Waals surface area contributed by atoms with E-state index in [2.05, 4.69) is 0 Å². The van der Waals surface area contributed by atoms with Crippen LogP contribution in [0.2, 0.25) is 0 Å². The van der Waals surface area contributed by atoms with Crippen molar-refractivity contribution in [1.29, 1.82) is 0 Å². The fraction of sp³-hybridized carbons (Fsp3) is 0.800. The zero-order chi connectivity index (χ0) is 7.35. The molecule has 0 saturated carbocycles. The summed E-state index contributed by atoms with van der Waals surface area (Å²) in [6, 6.07) is 0. The lowest BCUT2D eigenvalue weighted by Crippen LogP contribution is -2.50. The van der Waals surface area contributed by atoms with E-state index < -0.39 is 15.2 Å². The van der Waals surface area contributed by atoms with Crippen LogP contribution in [0.1, 0.15) is 6.42 Å². The van der Waals surface area contributed by atoms with Crippen LogP contribution in [0.4, 0.5) is 0 Å². The summed E-state index contributed by atoms with van der Waals surface area (Å²) in [5.74, 6) is 0.134. The molecule has 10 heavy (non-hydrogen) atoms. The molecule has 1 atom stereocenters. The largest absolute Gasteiger partial charge is 0.324 e. The van der Waals surface area contributed by atoms with Gasteiger partial charge in [0.2, 0.25) is 5.91 Å². The Morgan fingerprint density at radius 2 is 2.20 bits per heavy atom. The molecule has 5 heteroatoms. The number of fused-ring (bicyclic) bond motifs is 1. The maximum Gasteiger partial charge on any atom is 0.226 e. The van der Waals surface area contributed by atoms with E-state index in [1.54, 1.807) is 0 Å². The number of sulfone groups is 1. The van der Waals surface area contributed by atoms with Gasteiger partial charge in [0.15, 0.2) is 9.84 Å². The van der Waals surface area contributed by atoms with E-state index in [0.717, 1.165) is 0 Å². The predicted octanol–water partition coefficient (Wildman–Crippen LogP) is -1.03. The third-order valence-electron chi connectivity index (χ3n) is 2.05. The first kappa shape index (κ1) is 6.15. The van der Waals surface area contributed by atoms with Crippen molar-refractivity contribution in [2.75, 3.05) is 12.3 Å². The fourth-order valence-corrected chi connectivity index (χ4v) is 3.11. The molecule has 1 amide bonds. The first-order valence-corrected chi connectivity index (χ1v) is 4.84. The lowest BCUT2D eigenvalue weighted by molar-refractivity contribution is -0.140. The van der Waals surface area contributed by atoms with Crippen molar-refractivity contribution in [3.63, 3.8) is 0 Å². The van der Waals surface area contributed by atoms with E-state index in [4.69, 9.17) is 0 Å². The Morgan fingerprint density at radius 3 is 2.60 bits per heavy atom. The Labute approximate surface area is 58.7 Å². The van der Waals surface area contributed by atoms with Gasteiger partial charge in [-0.25, -0.2) is 8.42 Å². The first-order valence-electron chi connectivity index (χ1n) is 3.12. The minimum absolute atomic E-state index is 0.0222. The van der Waals surface area contributed by atoms with Crippen molar-refractivity contribution in [2.24, 2.45) is 0 Å². The zero-order valence-corrected chi connectivity index (χ0v) is 6.10. The quantitative estimate of drug-likeness (QED) is 0.427. The molecule has 0 bridgehead atoms. The normalized spacial score (nSPS) is 35.4. The van der Waals surface area contributed by atoms with Crippen LogP contribution in [0.25, 0.3) is 0 Å². The number of hydrogen-bond donors (Lipinski definition) is 0. The third-order valence-corrected chi connectivity index (χ3v) is 4.05. The molecule has 56 valence electrons. The molecule has 0 N–H and O–H groups in total. The molecule has 2 fully saturated rings. The molecule has 2 aliphatic rings. The number of carbonyl (C=O) groups is 1. The van der Waals surface area contributed by atoms with Crippen LogP contribution < -0.4 is 0 Å². The van der Waals surface area contributed by atoms with Gasteiger partial charge in [-0.15, -0.1) is 0 Å². The highest BCUT2D eigenvalue weighted by atomic mass is 32.2. The van der Waals surface area contributed by atoms with Crippen LogP contribution in [-0.2, 0) is 14.6 Å². The topological polar surface area (TPSA) is 54.5 Å². The summed E-state index contributed by atoms with van der Waals surface area (Å²) in [4.78, 5) is 12.1. The maximum absolute atomic E-state index is 11.0. The second-order valence-corrected chi connectivity index (χ2v) is 4.89. The van der Waals surface area contributed by atoms with Gasteiger partial charge in [-0.2, -0.15) is 0 Å². The number of amides is 1. The molecule has 2 rings (SSSR count). The van der Waals surface area contributed by atoms with Gasteiger partial charge < -0.3 is 4.90 Å². The van der Waals surface area contributed by atoms with Crippen LogP contribution >= 0.6 is 0 Å². The second kappa shape index (κ2) is 1.53. The van der Waals surface area contributed by atoms with E-state index in [1.165, 1.54) is 4.90 Å². The summed E-state index contributed by atoms with van der Waals surface area (Å²) in [5, 5.41) is -0.458. The van der Waals surface area contributed by atoms with Crippen LogP contribution in [0.15, 0.2) is 0 Å². The highest BCUT2D eigenvalue weighted by Crippen LogP contribution is 2.29. The summed E-state index contributed by atoms with van der Waals surface area (Å²) < 4.78 is 21.9. The molecule has 0 spiro atoms. The van der Waals surface area contributed by atoms with Crippen molar-refractivity contribution in [3.05, 3.63) is 0 Å². The molecule has 0 unspecified atom stereocenters. The molecule has 2 aliphatic heterocycles. The number of rotatable bonds is 0. The summed E-state index contributed by atoms with van der Waals surface area (Å²) in [7, 11) is -2.92. The Bertz CT molecular complexity index is 281. The standard InChI is InChI=1S/C5H7NO3S/c7-4-3-5-6(4)1-2-10(5,8)9/h5H,1-3H2/t5-/m0/s1. The summed E-state index contributed by atoms with van der Waals surface area (Å²) >= 11 is 0. The average molecular weight is 161 g/mol. The van der Waals surface area contributed by atoms with Gasteiger partial charge in [-0.05, 0) is 0 Å². The van der Waals surface area contributed by atoms with E-state index in [1.807, 2.05) is 0 Å². The van der Waals surface area contributed by atoms with Crippen LogP contribution in [-0.4, -0.2) is 36.9 Å². The lowest BCUT2D eigenvalue weighted by atomic mass is 10.2. The zero-order valence-electron chi connectivity index (χ0n) is 5.28. The van der Waals surface area contributed by atoms with Gasteiger partial charge in [-0.3, -0.25) is 4.79 Å². The summed E-state index contributed by atoms with van der Waals surface area (Å²) in [6.07, 6.45) is 0.211. The second-order valence-electron chi connectivity index (χ2n) is 2.61. The summed E-state index contributed by atoms with van der Waals surface area (Å²) in [5.41, 5.74) is 0. The fourth-order valence-electron chi connectivity index (χ4n) is 1.38. The van der Waals surface area contributed by atoms with Gasteiger partial charge in [0.25, 0.3) is 0 Å². The van der Waals surface area contributed by atoms with Crippen molar-refractivity contribution in [3.8, 4) is 0 Å². The average Bonchev–Trinajstić information content (AvgIpc) is 2.03. The molecule has 0 aliphatic carbocycles. The van der Waals surface area contributed by atoms with Gasteiger partial charge in [0.1, 0.15) is 5.37 Å². The highest BCUT2D eigenvalue weighted by Gasteiger charge is 2.49. The Hall–Kier alpha value is -0.580. The van der Waals surface area contributed by atoms with Crippen LogP contribution in [0.3, 0.4) is 0 Å². The van der Waals surface area contributed by atoms with E-state index in [9.17, 15) is 13.2 Å². The molecule has 0 aromatic carbocycles. The summed E-state index contributed by atoms with van der Waals surface area (Å²) in [6.45, 7) is 0.409. The molecular formula is C5H7NO3S. The van der Waals surface area contributed by atoms with Crippen molar-refractivity contribution >= 4 is 15.7 Å². The maximum atomic E-state index is 11.0. The van der Waals surface area contributed by atoms with E-state index >= 15 is 0 Å². The number of hydrogen-bond acceptors (Lipinski definition) is 3. The van der Waals surface area contributed by atoms with Gasteiger partial charge >= 0.3 is 0 Å². The smallest absolute Gasteiger partial charge is 0.226 e. The molecule has 2 heterocycles. The Balaban J connectivity index is 2.34. The van der Waals surface area contributed by atoms with Gasteiger partial charge in [-0.1, -0.05) is 0 Å². The van der Waals surface area contributed by atoms with Crippen LogP contribution in [0.5, 0.6) is 0 Å². The highest BCUT2D eigenvalue weighted by molar-refractivity contribution is 7.92. The molecule has 0 radical (unpaired) electrons. The minimum atomic E-state index is -2.92. The van der Waals surface area contributed by atoms with Crippen molar-refractivity contribution in [1.82, 2.24) is 4.90 Å². The molecular weight excluding hydrogens is 154 g/mol. The predicted molar refractivity (Wildman–Crippen MR) is 33.9 cm³/mol. The Morgan fingerprint density at radius 1 is 1.50 bits per heavy atom. The number of β-lactam (4-membered cyclic amide) rings is 1. The SMILES string of the molecule is O=C1C[C@H]2N1CCS2(=O)=O. The molecule has 2 saturated heterocycles. The van der Waals surface area contributed by atoms with Gasteiger partial charge in [0.05, 0.1) is 12.2 Å². The Kier molecular flexibility index (Phi) is 0.940. The molecule has 0 aromatic heterocycles. The van der Waals surface area contributed by atoms with Crippen molar-refractivity contribution < 1.29 is 13.2 Å². The number of nitrogens with zero attached hydrogens (tertiary/aromatic N) is 1. The van der Waals surface area contributed by atoms with E-state index in [-0.39, 0.29) is 18.1 Å². The van der Waals surface area contributed by atoms with Crippen LogP contribution in [0, 0.1) is 0 Å². The number of carbonyl (C=O) groups excluding carboxylic acids is 1. The molecule has 0 aromatic rings. The lowest BCUT2D eigenvalue weighted by Gasteiger charge is -2.32. The molecule has 4 nitrogen and oxygen atoms in total. The van der Waals surface area contributed by atoms with E-state index in [0.29, 0.717) is 6.54 Å². The third kappa shape index (κ3) is 0.558. The monoisotopic (exact) mass is 161 g/mol. The van der Waals surface area contributed by atoms with Gasteiger partial charge in [0, 0.05) is 6.54 Å². The first-order chi connectivity index (χ1) is 4.61. The van der Waals surface area contributed by atoms with Crippen molar-refractivity contribution in [2.45, 2.75) is 11.8 Å².